The molecule has 0 unspecified atom stereocenters. The molecule has 0 aliphatic rings. The van der Waals surface area contributed by atoms with E-state index < -0.39 is 0 Å². The molecule has 0 aliphatic heterocycles. The molecule has 0 radical (unpaired) electrons. The highest BCUT2D eigenvalue weighted by atomic mass is 16.5. The third kappa shape index (κ3) is 3.79. The highest BCUT2D eigenvalue weighted by Gasteiger charge is 2.16. The van der Waals surface area contributed by atoms with Gasteiger partial charge in [-0.25, -0.2) is 4.98 Å². The van der Waals surface area contributed by atoms with Crippen molar-refractivity contribution in [2.24, 2.45) is 0 Å². The van der Waals surface area contributed by atoms with Gasteiger partial charge in [-0.05, 0) is 24.6 Å². The van der Waals surface area contributed by atoms with Crippen LogP contribution in [0.1, 0.15) is 35.7 Å². The van der Waals surface area contributed by atoms with Crippen LogP contribution in [-0.4, -0.2) is 24.4 Å². The third-order valence-corrected chi connectivity index (χ3v) is 4.13. The molecule has 0 atom stereocenters. The lowest BCUT2D eigenvalue weighted by Crippen LogP contribution is -2.11. The average molecular weight is 334 g/mol. The summed E-state index contributed by atoms with van der Waals surface area (Å²) < 4.78 is 5.28. The standard InChI is InChI=1S/C21H22N2O2/c1-3-4-12-22-21-18(20(24)15-8-6-5-7-9-15)13-16-10-11-17(25-2)14-19(16)23-21/h5-11,13-14H,3-4,12H2,1-2H3,(H,22,23). The van der Waals surface area contributed by atoms with E-state index in [2.05, 4.69) is 12.2 Å². The van der Waals surface area contributed by atoms with Crippen molar-refractivity contribution < 1.29 is 9.53 Å². The lowest BCUT2D eigenvalue weighted by Gasteiger charge is -2.12. The Morgan fingerprint density at radius 3 is 2.64 bits per heavy atom. The van der Waals surface area contributed by atoms with Crippen molar-refractivity contribution in [3.05, 3.63) is 65.7 Å². The zero-order valence-corrected chi connectivity index (χ0v) is 14.6. The molecule has 3 aromatic rings. The van der Waals surface area contributed by atoms with Crippen LogP contribution in [-0.2, 0) is 0 Å². The number of ketones is 1. The van der Waals surface area contributed by atoms with Crippen LogP contribution in [0.2, 0.25) is 0 Å². The second kappa shape index (κ2) is 7.79. The Morgan fingerprint density at radius 1 is 1.12 bits per heavy atom. The van der Waals surface area contributed by atoms with E-state index in [9.17, 15) is 4.79 Å². The number of carbonyl (C=O) groups excluding carboxylic acids is 1. The lowest BCUT2D eigenvalue weighted by atomic mass is 10.0. The fourth-order valence-corrected chi connectivity index (χ4v) is 2.71. The highest BCUT2D eigenvalue weighted by molar-refractivity contribution is 6.13. The third-order valence-electron chi connectivity index (χ3n) is 4.13. The smallest absolute Gasteiger partial charge is 0.196 e. The maximum Gasteiger partial charge on any atom is 0.196 e. The van der Waals surface area contributed by atoms with Gasteiger partial charge in [-0.1, -0.05) is 43.7 Å². The maximum atomic E-state index is 13.0. The molecule has 128 valence electrons. The van der Waals surface area contributed by atoms with Crippen LogP contribution >= 0.6 is 0 Å². The Bertz CT molecular complexity index is 876. The van der Waals surface area contributed by atoms with E-state index >= 15 is 0 Å². The predicted molar refractivity (Wildman–Crippen MR) is 102 cm³/mol. The summed E-state index contributed by atoms with van der Waals surface area (Å²) in [6, 6.07) is 16.9. The zero-order chi connectivity index (χ0) is 17.6. The normalized spacial score (nSPS) is 10.6. The van der Waals surface area contributed by atoms with Crippen LogP contribution < -0.4 is 10.1 Å². The number of carbonyl (C=O) groups is 1. The molecule has 4 heteroatoms. The summed E-state index contributed by atoms with van der Waals surface area (Å²) >= 11 is 0. The van der Waals surface area contributed by atoms with Gasteiger partial charge in [0.15, 0.2) is 5.78 Å². The number of aromatic nitrogens is 1. The molecule has 3 rings (SSSR count). The Kier molecular flexibility index (Phi) is 5.29. The number of unbranched alkanes of at least 4 members (excludes halogenated alkanes) is 1. The average Bonchev–Trinajstić information content (AvgIpc) is 2.67. The van der Waals surface area contributed by atoms with Gasteiger partial charge in [0.1, 0.15) is 11.6 Å². The molecule has 1 aromatic heterocycles. The SMILES string of the molecule is CCCCNc1nc2cc(OC)ccc2cc1C(=O)c1ccccc1. The number of hydrogen-bond donors (Lipinski definition) is 1. The Morgan fingerprint density at radius 2 is 1.92 bits per heavy atom. The van der Waals surface area contributed by atoms with Gasteiger partial charge in [0.2, 0.25) is 0 Å². The van der Waals surface area contributed by atoms with Crippen LogP contribution in [0, 0.1) is 0 Å². The Labute approximate surface area is 147 Å². The van der Waals surface area contributed by atoms with E-state index in [4.69, 9.17) is 9.72 Å². The van der Waals surface area contributed by atoms with Gasteiger partial charge < -0.3 is 10.1 Å². The highest BCUT2D eigenvalue weighted by Crippen LogP contribution is 2.26. The number of nitrogens with one attached hydrogen (secondary N) is 1. The number of benzene rings is 2. The molecule has 0 aliphatic carbocycles. The first-order valence-electron chi connectivity index (χ1n) is 8.55. The molecular formula is C21H22N2O2. The fraction of sp³-hybridized carbons (Fsp3) is 0.238. The molecule has 2 aromatic carbocycles. The van der Waals surface area contributed by atoms with Crippen molar-refractivity contribution in [2.45, 2.75) is 19.8 Å². The number of hydrogen-bond acceptors (Lipinski definition) is 4. The molecule has 1 N–H and O–H groups in total. The first-order valence-corrected chi connectivity index (χ1v) is 8.55. The molecular weight excluding hydrogens is 312 g/mol. The summed E-state index contributed by atoms with van der Waals surface area (Å²) in [6.07, 6.45) is 2.10. The molecule has 0 saturated carbocycles. The van der Waals surface area contributed by atoms with Gasteiger partial charge >= 0.3 is 0 Å². The second-order valence-corrected chi connectivity index (χ2v) is 5.92. The second-order valence-electron chi connectivity index (χ2n) is 5.92. The van der Waals surface area contributed by atoms with E-state index in [1.165, 1.54) is 0 Å². The summed E-state index contributed by atoms with van der Waals surface area (Å²) in [5.41, 5.74) is 2.07. The molecule has 0 amide bonds. The topological polar surface area (TPSA) is 51.2 Å². The number of rotatable bonds is 7. The van der Waals surface area contributed by atoms with Gasteiger partial charge in [0.25, 0.3) is 0 Å². The quantitative estimate of drug-likeness (QED) is 0.503. The Balaban J connectivity index is 2.07. The van der Waals surface area contributed by atoms with E-state index in [0.29, 0.717) is 16.9 Å². The first kappa shape index (κ1) is 17.0. The van der Waals surface area contributed by atoms with Crippen molar-refractivity contribution in [2.75, 3.05) is 19.0 Å². The van der Waals surface area contributed by atoms with Crippen LogP contribution in [0.5, 0.6) is 5.75 Å². The summed E-state index contributed by atoms with van der Waals surface area (Å²) in [6.45, 7) is 2.92. The van der Waals surface area contributed by atoms with Crippen molar-refractivity contribution in [3.8, 4) is 5.75 Å². The van der Waals surface area contributed by atoms with Crippen LogP contribution in [0.4, 0.5) is 5.82 Å². The van der Waals surface area contributed by atoms with Crippen LogP contribution in [0.15, 0.2) is 54.6 Å². The Hall–Kier alpha value is -2.88. The largest absolute Gasteiger partial charge is 0.497 e. The molecule has 0 bridgehead atoms. The molecule has 0 saturated heterocycles. The summed E-state index contributed by atoms with van der Waals surface area (Å²) in [5.74, 6) is 1.36. The van der Waals surface area contributed by atoms with Gasteiger partial charge in [0.05, 0.1) is 18.2 Å². The van der Waals surface area contributed by atoms with E-state index in [1.54, 1.807) is 7.11 Å². The van der Waals surface area contributed by atoms with Gasteiger partial charge in [-0.3, -0.25) is 4.79 Å². The van der Waals surface area contributed by atoms with Crippen molar-refractivity contribution in [1.82, 2.24) is 4.98 Å². The van der Waals surface area contributed by atoms with Crippen molar-refractivity contribution in [1.29, 1.82) is 0 Å². The molecule has 1 heterocycles. The van der Waals surface area contributed by atoms with E-state index in [0.717, 1.165) is 36.0 Å². The monoisotopic (exact) mass is 334 g/mol. The molecule has 4 nitrogen and oxygen atoms in total. The maximum absolute atomic E-state index is 13.0. The number of methoxy groups -OCH3 is 1. The summed E-state index contributed by atoms with van der Waals surface area (Å²) in [4.78, 5) is 17.7. The minimum atomic E-state index is -0.0233. The number of ether oxygens (including phenoxy) is 1. The minimum absolute atomic E-state index is 0.0233. The van der Waals surface area contributed by atoms with Crippen molar-refractivity contribution >= 4 is 22.5 Å². The predicted octanol–water partition coefficient (Wildman–Crippen LogP) is 4.69. The first-order chi connectivity index (χ1) is 12.2. The number of fused-ring (bicyclic) bond motifs is 1. The van der Waals surface area contributed by atoms with Crippen molar-refractivity contribution in [3.63, 3.8) is 0 Å². The zero-order valence-electron chi connectivity index (χ0n) is 14.6. The van der Waals surface area contributed by atoms with E-state index in [1.807, 2.05) is 54.6 Å². The molecule has 0 fully saturated rings. The van der Waals surface area contributed by atoms with Gasteiger partial charge in [0, 0.05) is 23.6 Å². The summed E-state index contributed by atoms with van der Waals surface area (Å²) in [7, 11) is 1.63. The lowest BCUT2D eigenvalue weighted by molar-refractivity contribution is 0.103. The van der Waals surface area contributed by atoms with E-state index in [-0.39, 0.29) is 5.78 Å². The van der Waals surface area contributed by atoms with Crippen LogP contribution in [0.3, 0.4) is 0 Å². The van der Waals surface area contributed by atoms with Crippen LogP contribution in [0.25, 0.3) is 10.9 Å². The van der Waals surface area contributed by atoms with Gasteiger partial charge in [-0.2, -0.15) is 0 Å². The minimum Gasteiger partial charge on any atom is -0.497 e. The number of pyridine rings is 1. The summed E-state index contributed by atoms with van der Waals surface area (Å²) in [5, 5.41) is 4.24. The molecule has 25 heavy (non-hydrogen) atoms. The van der Waals surface area contributed by atoms with Gasteiger partial charge in [-0.15, -0.1) is 0 Å². The fourth-order valence-electron chi connectivity index (χ4n) is 2.71. The number of anilines is 1. The molecule has 0 spiro atoms. The number of nitrogens with zero attached hydrogens (tertiary/aromatic N) is 1.